The van der Waals surface area contributed by atoms with Gasteiger partial charge in [0.1, 0.15) is 21.9 Å². The lowest BCUT2D eigenvalue weighted by molar-refractivity contribution is 0.0701. The van der Waals surface area contributed by atoms with Crippen molar-refractivity contribution in [2.24, 2.45) is 0 Å². The summed E-state index contributed by atoms with van der Waals surface area (Å²) in [4.78, 5) is 22.7. The van der Waals surface area contributed by atoms with E-state index in [4.69, 9.17) is 0 Å². The van der Waals surface area contributed by atoms with Gasteiger partial charge in [-0.3, -0.25) is 0 Å². The van der Waals surface area contributed by atoms with E-state index >= 15 is 0 Å². The van der Waals surface area contributed by atoms with Crippen LogP contribution in [0.15, 0.2) is 6.33 Å². The first-order chi connectivity index (χ1) is 9.40. The van der Waals surface area contributed by atoms with Crippen LogP contribution >= 0.6 is 11.3 Å². The van der Waals surface area contributed by atoms with Crippen molar-refractivity contribution in [1.82, 2.24) is 14.9 Å². The number of aromatic nitrogens is 2. The SMILES string of the molecule is Cc1c(C(=O)O)sc2ncnc(NC(C)CN(C)C)c12. The van der Waals surface area contributed by atoms with Gasteiger partial charge >= 0.3 is 5.97 Å². The molecule has 0 aliphatic carbocycles. The first kappa shape index (κ1) is 14.7. The summed E-state index contributed by atoms with van der Waals surface area (Å²) in [7, 11) is 4.01. The summed E-state index contributed by atoms with van der Waals surface area (Å²) < 4.78 is 0. The molecule has 2 heterocycles. The van der Waals surface area contributed by atoms with Crippen LogP contribution in [-0.4, -0.2) is 52.6 Å². The van der Waals surface area contributed by atoms with E-state index in [9.17, 15) is 9.90 Å². The van der Waals surface area contributed by atoms with Crippen LogP contribution in [0, 0.1) is 6.92 Å². The molecule has 1 atom stereocenters. The Labute approximate surface area is 121 Å². The Hall–Kier alpha value is -1.73. The number of rotatable bonds is 5. The van der Waals surface area contributed by atoms with Crippen molar-refractivity contribution >= 4 is 33.3 Å². The molecule has 0 spiro atoms. The lowest BCUT2D eigenvalue weighted by Crippen LogP contribution is -2.30. The van der Waals surface area contributed by atoms with Gasteiger partial charge in [-0.15, -0.1) is 11.3 Å². The Morgan fingerprint density at radius 2 is 2.20 bits per heavy atom. The van der Waals surface area contributed by atoms with Crippen molar-refractivity contribution in [3.63, 3.8) is 0 Å². The molecule has 2 aromatic rings. The maximum Gasteiger partial charge on any atom is 0.346 e. The lowest BCUT2D eigenvalue weighted by atomic mass is 10.2. The fraction of sp³-hybridized carbons (Fsp3) is 0.462. The minimum Gasteiger partial charge on any atom is -0.477 e. The molecule has 108 valence electrons. The van der Waals surface area contributed by atoms with E-state index in [-0.39, 0.29) is 6.04 Å². The molecule has 0 aliphatic heterocycles. The van der Waals surface area contributed by atoms with Gasteiger partial charge in [0.25, 0.3) is 0 Å². The molecule has 0 saturated carbocycles. The number of anilines is 1. The number of nitrogens with one attached hydrogen (secondary N) is 1. The minimum atomic E-state index is -0.919. The van der Waals surface area contributed by atoms with Crippen LogP contribution in [-0.2, 0) is 0 Å². The quantitative estimate of drug-likeness (QED) is 0.879. The van der Waals surface area contributed by atoms with Crippen molar-refractivity contribution in [3.05, 3.63) is 16.8 Å². The summed E-state index contributed by atoms with van der Waals surface area (Å²) >= 11 is 1.19. The molecule has 6 nitrogen and oxygen atoms in total. The van der Waals surface area contributed by atoms with E-state index in [1.54, 1.807) is 6.92 Å². The third-order valence-electron chi connectivity index (χ3n) is 2.94. The molecule has 2 aromatic heterocycles. The zero-order valence-corrected chi connectivity index (χ0v) is 12.8. The lowest BCUT2D eigenvalue weighted by Gasteiger charge is -2.19. The number of hydrogen-bond acceptors (Lipinski definition) is 6. The molecule has 0 radical (unpaired) electrons. The Bertz CT molecular complexity index is 639. The number of likely N-dealkylation sites (N-methyl/N-ethyl adjacent to an activating group) is 1. The summed E-state index contributed by atoms with van der Waals surface area (Å²) in [6.45, 7) is 4.72. The molecule has 2 N–H and O–H groups in total. The van der Waals surface area contributed by atoms with E-state index in [0.29, 0.717) is 15.5 Å². The van der Waals surface area contributed by atoms with Crippen LogP contribution in [0.5, 0.6) is 0 Å². The number of fused-ring (bicyclic) bond motifs is 1. The molecule has 20 heavy (non-hydrogen) atoms. The van der Waals surface area contributed by atoms with Crippen LogP contribution in [0.4, 0.5) is 5.82 Å². The molecule has 0 aromatic carbocycles. The highest BCUT2D eigenvalue weighted by Gasteiger charge is 2.19. The smallest absolute Gasteiger partial charge is 0.346 e. The maximum absolute atomic E-state index is 11.2. The fourth-order valence-electron chi connectivity index (χ4n) is 2.21. The molecule has 0 saturated heterocycles. The largest absolute Gasteiger partial charge is 0.477 e. The number of carboxylic acids is 1. The first-order valence-corrected chi connectivity index (χ1v) is 7.10. The summed E-state index contributed by atoms with van der Waals surface area (Å²) in [6, 6.07) is 0.204. The van der Waals surface area contributed by atoms with Crippen LogP contribution in [0.25, 0.3) is 10.2 Å². The van der Waals surface area contributed by atoms with Crippen LogP contribution < -0.4 is 5.32 Å². The highest BCUT2D eigenvalue weighted by Crippen LogP contribution is 2.33. The third-order valence-corrected chi connectivity index (χ3v) is 4.13. The summed E-state index contributed by atoms with van der Waals surface area (Å²) in [5.74, 6) is -0.219. The predicted molar refractivity (Wildman–Crippen MR) is 80.8 cm³/mol. The normalized spacial score (nSPS) is 12.8. The van der Waals surface area contributed by atoms with E-state index in [1.165, 1.54) is 17.7 Å². The van der Waals surface area contributed by atoms with E-state index in [0.717, 1.165) is 17.5 Å². The van der Waals surface area contributed by atoms with Gasteiger partial charge in [0.2, 0.25) is 0 Å². The second kappa shape index (κ2) is 5.72. The van der Waals surface area contributed by atoms with Crippen molar-refractivity contribution < 1.29 is 9.90 Å². The molecule has 0 fully saturated rings. The van der Waals surface area contributed by atoms with Crippen LogP contribution in [0.3, 0.4) is 0 Å². The second-order valence-electron chi connectivity index (χ2n) is 5.07. The number of carbonyl (C=O) groups is 1. The van der Waals surface area contributed by atoms with Crippen LogP contribution in [0.1, 0.15) is 22.2 Å². The van der Waals surface area contributed by atoms with Crippen molar-refractivity contribution in [2.45, 2.75) is 19.9 Å². The summed E-state index contributed by atoms with van der Waals surface area (Å²) in [5, 5.41) is 13.3. The van der Waals surface area contributed by atoms with E-state index < -0.39 is 5.97 Å². The van der Waals surface area contributed by atoms with Gasteiger partial charge in [-0.1, -0.05) is 0 Å². The second-order valence-corrected chi connectivity index (χ2v) is 6.07. The molecule has 1 unspecified atom stereocenters. The Morgan fingerprint density at radius 3 is 2.80 bits per heavy atom. The van der Waals surface area contributed by atoms with E-state index in [2.05, 4.69) is 27.1 Å². The number of aryl methyl sites for hydroxylation is 1. The number of nitrogens with zero attached hydrogens (tertiary/aromatic N) is 3. The van der Waals surface area contributed by atoms with E-state index in [1.807, 2.05) is 14.1 Å². The highest BCUT2D eigenvalue weighted by molar-refractivity contribution is 7.20. The maximum atomic E-state index is 11.2. The zero-order valence-electron chi connectivity index (χ0n) is 12.0. The van der Waals surface area contributed by atoms with Gasteiger partial charge < -0.3 is 15.3 Å². The van der Waals surface area contributed by atoms with Gasteiger partial charge in [0.15, 0.2) is 0 Å². The molecule has 0 bridgehead atoms. The Morgan fingerprint density at radius 1 is 1.50 bits per heavy atom. The van der Waals surface area contributed by atoms with Gasteiger partial charge in [-0.2, -0.15) is 0 Å². The van der Waals surface area contributed by atoms with Crippen molar-refractivity contribution in [3.8, 4) is 0 Å². The topological polar surface area (TPSA) is 78.3 Å². The molecule has 2 rings (SSSR count). The van der Waals surface area contributed by atoms with Crippen LogP contribution in [0.2, 0.25) is 0 Å². The van der Waals surface area contributed by atoms with Gasteiger partial charge in [-0.25, -0.2) is 14.8 Å². The third kappa shape index (κ3) is 2.88. The van der Waals surface area contributed by atoms with Crippen molar-refractivity contribution in [2.75, 3.05) is 26.0 Å². The Balaban J connectivity index is 2.41. The standard InChI is InChI=1S/C13H18N4O2S/c1-7(5-17(3)4)16-11-9-8(2)10(13(18)19)20-12(9)15-6-14-11/h6-7H,5H2,1-4H3,(H,18,19)(H,14,15,16). The number of thiophene rings is 1. The predicted octanol–water partition coefficient (Wildman–Crippen LogP) is 2.06. The van der Waals surface area contributed by atoms with Gasteiger partial charge in [0.05, 0.1) is 5.39 Å². The summed E-state index contributed by atoms with van der Waals surface area (Å²) in [6.07, 6.45) is 1.47. The molecular weight excluding hydrogens is 276 g/mol. The average Bonchev–Trinajstić information content (AvgIpc) is 2.67. The Kier molecular flexibility index (Phi) is 4.20. The monoisotopic (exact) mass is 294 g/mol. The van der Waals surface area contributed by atoms with Gasteiger partial charge in [0, 0.05) is 12.6 Å². The number of carboxylic acid groups (broad SMARTS) is 1. The fourth-order valence-corrected chi connectivity index (χ4v) is 3.20. The minimum absolute atomic E-state index is 0.204. The number of hydrogen-bond donors (Lipinski definition) is 2. The average molecular weight is 294 g/mol. The van der Waals surface area contributed by atoms with Crippen molar-refractivity contribution in [1.29, 1.82) is 0 Å². The number of aromatic carboxylic acids is 1. The molecule has 7 heteroatoms. The highest BCUT2D eigenvalue weighted by atomic mass is 32.1. The molecule has 0 aliphatic rings. The summed E-state index contributed by atoms with van der Waals surface area (Å²) in [5.41, 5.74) is 0.720. The zero-order chi connectivity index (χ0) is 14.9. The van der Waals surface area contributed by atoms with Gasteiger partial charge in [-0.05, 0) is 33.5 Å². The molecular formula is C13H18N4O2S. The first-order valence-electron chi connectivity index (χ1n) is 6.28. The molecule has 0 amide bonds.